The van der Waals surface area contributed by atoms with Gasteiger partial charge in [-0.1, -0.05) is 12.1 Å². The largest absolute Gasteiger partial charge is 0.416 e. The summed E-state index contributed by atoms with van der Waals surface area (Å²) in [6.45, 7) is 5.38. The predicted molar refractivity (Wildman–Crippen MR) is 162 cm³/mol. The highest BCUT2D eigenvalue weighted by molar-refractivity contribution is 5.69. The van der Waals surface area contributed by atoms with Crippen molar-refractivity contribution in [3.05, 3.63) is 89.9 Å². The van der Waals surface area contributed by atoms with E-state index in [1.165, 1.54) is 6.07 Å². The van der Waals surface area contributed by atoms with E-state index in [0.717, 1.165) is 17.2 Å². The fourth-order valence-electron chi connectivity index (χ4n) is 5.23. The summed E-state index contributed by atoms with van der Waals surface area (Å²) in [4.78, 5) is 17.1. The summed E-state index contributed by atoms with van der Waals surface area (Å²) in [5.41, 5.74) is 3.40. The second-order valence-electron chi connectivity index (χ2n) is 10.8. The molecule has 2 N–H and O–H groups in total. The molecule has 1 aliphatic rings. The van der Waals surface area contributed by atoms with Crippen LogP contribution in [-0.4, -0.2) is 79.4 Å². The van der Waals surface area contributed by atoms with Crippen molar-refractivity contribution in [3.63, 3.8) is 0 Å². The summed E-state index contributed by atoms with van der Waals surface area (Å²) in [6.07, 6.45) is 0.512. The third-order valence-corrected chi connectivity index (χ3v) is 7.71. The highest BCUT2D eigenvalue weighted by atomic mass is 19.4. The maximum absolute atomic E-state index is 14.2. The zero-order valence-electron chi connectivity index (χ0n) is 24.5. The van der Waals surface area contributed by atoms with Gasteiger partial charge in [-0.25, -0.2) is 9.97 Å². The third-order valence-electron chi connectivity index (χ3n) is 7.71. The number of hydrogen-bond donors (Lipinski definition) is 2. The first-order chi connectivity index (χ1) is 21.8. The molecule has 10 nitrogen and oxygen atoms in total. The van der Waals surface area contributed by atoms with Crippen molar-refractivity contribution in [1.82, 2.24) is 34.9 Å². The monoisotopic (exact) mass is 616 g/mol. The van der Waals surface area contributed by atoms with Crippen LogP contribution < -0.4 is 5.32 Å². The van der Waals surface area contributed by atoms with E-state index in [1.807, 2.05) is 30.0 Å². The van der Waals surface area contributed by atoms with Gasteiger partial charge in [0.15, 0.2) is 0 Å². The zero-order chi connectivity index (χ0) is 31.4. The lowest BCUT2D eigenvalue weighted by Crippen LogP contribution is -2.46. The van der Waals surface area contributed by atoms with Gasteiger partial charge in [0.2, 0.25) is 17.7 Å². The number of halogens is 3. The van der Waals surface area contributed by atoms with E-state index in [0.29, 0.717) is 55.6 Å². The first-order valence-electron chi connectivity index (χ1n) is 14.5. The number of pyridine rings is 1. The molecule has 0 spiro atoms. The number of rotatable bonds is 9. The van der Waals surface area contributed by atoms with Crippen LogP contribution in [0.2, 0.25) is 0 Å². The molecule has 3 aromatic heterocycles. The molecule has 1 saturated heterocycles. The van der Waals surface area contributed by atoms with Crippen molar-refractivity contribution in [2.45, 2.75) is 19.6 Å². The van der Waals surface area contributed by atoms with Crippen molar-refractivity contribution in [3.8, 4) is 34.2 Å². The minimum Gasteiger partial charge on any atom is -0.416 e. The Bertz CT molecular complexity index is 1760. The Hall–Kier alpha value is -4.72. The van der Waals surface area contributed by atoms with Gasteiger partial charge in [-0.05, 0) is 60.5 Å². The van der Waals surface area contributed by atoms with Crippen LogP contribution in [0.15, 0.2) is 77.6 Å². The molecule has 0 radical (unpaired) electrons. The maximum Gasteiger partial charge on any atom is 0.416 e. The minimum atomic E-state index is -4.55. The molecule has 6 rings (SSSR count). The number of hydrogen-bond acceptors (Lipinski definition) is 10. The molecule has 0 atom stereocenters. The number of aromatic nitrogens is 5. The summed E-state index contributed by atoms with van der Waals surface area (Å²) >= 11 is 0. The minimum absolute atomic E-state index is 0.0118. The topological polar surface area (TPSA) is 116 Å². The van der Waals surface area contributed by atoms with Crippen LogP contribution in [0, 0.1) is 6.92 Å². The van der Waals surface area contributed by atoms with Crippen LogP contribution in [0.3, 0.4) is 0 Å². The molecule has 0 unspecified atom stereocenters. The lowest BCUT2D eigenvalue weighted by molar-refractivity contribution is -0.138. The molecule has 1 aliphatic heterocycles. The number of anilines is 2. The summed E-state index contributed by atoms with van der Waals surface area (Å²) < 4.78 is 48.4. The lowest BCUT2D eigenvalue weighted by atomic mass is 10.0. The number of nitrogens with zero attached hydrogens (tertiary/aromatic N) is 7. The van der Waals surface area contributed by atoms with Gasteiger partial charge in [-0.3, -0.25) is 14.8 Å². The van der Waals surface area contributed by atoms with E-state index in [-0.39, 0.29) is 36.1 Å². The number of alkyl halides is 3. The molecule has 1 fully saturated rings. The summed E-state index contributed by atoms with van der Waals surface area (Å²) in [5.74, 6) is 0.536. The number of benzene rings is 2. The van der Waals surface area contributed by atoms with Gasteiger partial charge < -0.3 is 14.8 Å². The number of nitrogens with one attached hydrogen (secondary N) is 1. The fraction of sp³-hybridized carbons (Fsp3) is 0.281. The van der Waals surface area contributed by atoms with E-state index in [4.69, 9.17) is 9.52 Å². The van der Waals surface area contributed by atoms with Crippen molar-refractivity contribution in [1.29, 1.82) is 0 Å². The van der Waals surface area contributed by atoms with Crippen molar-refractivity contribution in [2.75, 3.05) is 44.6 Å². The normalized spacial score (nSPS) is 14.5. The molecule has 45 heavy (non-hydrogen) atoms. The van der Waals surface area contributed by atoms with Crippen LogP contribution in [-0.2, 0) is 12.7 Å². The Balaban J connectivity index is 1.21. The van der Waals surface area contributed by atoms with Crippen molar-refractivity contribution in [2.24, 2.45) is 0 Å². The number of piperazine rings is 1. The van der Waals surface area contributed by atoms with E-state index >= 15 is 0 Å². The average Bonchev–Trinajstić information content (AvgIpc) is 3.54. The summed E-state index contributed by atoms with van der Waals surface area (Å²) in [6, 6.07) is 15.1. The molecule has 0 saturated carbocycles. The molecule has 5 aromatic rings. The van der Waals surface area contributed by atoms with Gasteiger partial charge in [0.25, 0.3) is 0 Å². The van der Waals surface area contributed by atoms with Crippen LogP contribution in [0.5, 0.6) is 0 Å². The third kappa shape index (κ3) is 7.17. The Morgan fingerprint density at radius 2 is 1.62 bits per heavy atom. The standard InChI is InChI=1S/C32H31F3N8O2/c1-21-4-5-23(18-28(21)39-31-37-10-8-27(38-31)24-3-2-9-36-19-24)30-41-40-29(45-30)22-6-7-25(26(17-22)32(33,34)35)20-43-13-11-42(12-14-43)15-16-44/h2-10,17-19,44H,11-16,20H2,1H3,(H,37,38,39). The van der Waals surface area contributed by atoms with Crippen LogP contribution >= 0.6 is 0 Å². The SMILES string of the molecule is Cc1ccc(-c2nnc(-c3ccc(CN4CCN(CCO)CC4)c(C(F)(F)F)c3)o2)cc1Nc1nccc(-c2cccnc2)n1. The number of aliphatic hydroxyl groups is 1. The van der Waals surface area contributed by atoms with Crippen LogP contribution in [0.4, 0.5) is 24.8 Å². The molecule has 0 bridgehead atoms. The van der Waals surface area contributed by atoms with E-state index in [1.54, 1.807) is 42.9 Å². The Morgan fingerprint density at radius 1 is 0.889 bits per heavy atom. The highest BCUT2D eigenvalue weighted by Gasteiger charge is 2.34. The molecular weight excluding hydrogens is 585 g/mol. The fourth-order valence-corrected chi connectivity index (χ4v) is 5.23. The van der Waals surface area contributed by atoms with Gasteiger partial charge >= 0.3 is 6.18 Å². The molecule has 4 heterocycles. The van der Waals surface area contributed by atoms with Gasteiger partial charge in [0.05, 0.1) is 17.9 Å². The van der Waals surface area contributed by atoms with Gasteiger partial charge in [0, 0.05) is 80.2 Å². The first-order valence-corrected chi connectivity index (χ1v) is 14.5. The molecular formula is C32H31F3N8O2. The van der Waals surface area contributed by atoms with E-state index in [2.05, 4.69) is 35.4 Å². The van der Waals surface area contributed by atoms with Gasteiger partial charge in [-0.2, -0.15) is 13.2 Å². The van der Waals surface area contributed by atoms with Crippen LogP contribution in [0.1, 0.15) is 16.7 Å². The Kier molecular flexibility index (Phi) is 8.83. The Morgan fingerprint density at radius 3 is 2.33 bits per heavy atom. The lowest BCUT2D eigenvalue weighted by Gasteiger charge is -2.34. The van der Waals surface area contributed by atoms with Gasteiger partial charge in [0.1, 0.15) is 0 Å². The Labute approximate surface area is 257 Å². The van der Waals surface area contributed by atoms with E-state index in [9.17, 15) is 13.2 Å². The molecule has 232 valence electrons. The van der Waals surface area contributed by atoms with Crippen molar-refractivity contribution >= 4 is 11.6 Å². The number of β-amino-alcohol motifs (C(OH)–C–C–N with tert-alkyl or cyclic N) is 1. The van der Waals surface area contributed by atoms with Crippen LogP contribution in [0.25, 0.3) is 34.2 Å². The first kappa shape index (κ1) is 30.3. The second kappa shape index (κ2) is 13.1. The molecule has 0 aliphatic carbocycles. The number of aryl methyl sites for hydroxylation is 1. The molecule has 2 aromatic carbocycles. The quantitative estimate of drug-likeness (QED) is 0.222. The molecule has 0 amide bonds. The summed E-state index contributed by atoms with van der Waals surface area (Å²) in [7, 11) is 0. The number of aliphatic hydroxyl groups excluding tert-OH is 1. The van der Waals surface area contributed by atoms with Gasteiger partial charge in [-0.15, -0.1) is 10.2 Å². The van der Waals surface area contributed by atoms with Crippen molar-refractivity contribution < 1.29 is 22.7 Å². The summed E-state index contributed by atoms with van der Waals surface area (Å²) in [5, 5.41) is 20.6. The maximum atomic E-state index is 14.2. The average molecular weight is 617 g/mol. The molecule has 13 heteroatoms. The highest BCUT2D eigenvalue weighted by Crippen LogP contribution is 2.36. The smallest absolute Gasteiger partial charge is 0.416 e. The second-order valence-corrected chi connectivity index (χ2v) is 10.8. The zero-order valence-corrected chi connectivity index (χ0v) is 24.5. The predicted octanol–water partition coefficient (Wildman–Crippen LogP) is 5.44. The van der Waals surface area contributed by atoms with E-state index < -0.39 is 11.7 Å².